The third-order valence-electron chi connectivity index (χ3n) is 1.61. The lowest BCUT2D eigenvalue weighted by Gasteiger charge is -1.82. The molecule has 92 valence electrons. The summed E-state index contributed by atoms with van der Waals surface area (Å²) >= 11 is 14.4. The molecule has 0 aliphatic rings. The minimum atomic E-state index is -0.750. The van der Waals surface area contributed by atoms with E-state index in [1.54, 1.807) is 0 Å². The van der Waals surface area contributed by atoms with Crippen LogP contribution in [0.4, 0.5) is 0 Å². The molecule has 0 radical (unpaired) electrons. The molecule has 0 spiro atoms. The van der Waals surface area contributed by atoms with E-state index < -0.39 is 4.30 Å². The van der Waals surface area contributed by atoms with Gasteiger partial charge in [0.25, 0.3) is 0 Å². The van der Waals surface area contributed by atoms with Crippen LogP contribution in [0, 0.1) is 6.92 Å². The van der Waals surface area contributed by atoms with Crippen molar-refractivity contribution in [3.05, 3.63) is 72.3 Å². The van der Waals surface area contributed by atoms with Crippen molar-refractivity contribution in [3.8, 4) is 0 Å². The Bertz CT molecular complexity index is 317. The molecule has 0 aliphatic carbocycles. The molecular formula is C14H15Cl3. The first-order chi connectivity index (χ1) is 8.13. The predicted octanol–water partition coefficient (Wildman–Crippen LogP) is 5.67. The average molecular weight is 290 g/mol. The van der Waals surface area contributed by atoms with Gasteiger partial charge in [0.15, 0.2) is 4.30 Å². The Morgan fingerprint density at radius 1 is 0.647 bits per heavy atom. The third kappa shape index (κ3) is 15.3. The lowest BCUT2D eigenvalue weighted by atomic mass is 10.2. The van der Waals surface area contributed by atoms with Gasteiger partial charge >= 0.3 is 0 Å². The van der Waals surface area contributed by atoms with Gasteiger partial charge in [-0.3, -0.25) is 0 Å². The summed E-state index contributed by atoms with van der Waals surface area (Å²) in [4.78, 5) is 0. The summed E-state index contributed by atoms with van der Waals surface area (Å²) in [5.74, 6) is 0. The van der Waals surface area contributed by atoms with Gasteiger partial charge in [-0.15, -0.1) is 0 Å². The second-order valence-corrected chi connectivity index (χ2v) is 5.04. The summed E-state index contributed by atoms with van der Waals surface area (Å²) in [6.45, 7) is 2.08. The van der Waals surface area contributed by atoms with Crippen LogP contribution in [0.15, 0.2) is 66.7 Å². The molecule has 0 bridgehead atoms. The maximum absolute atomic E-state index is 4.81. The lowest BCUT2D eigenvalue weighted by molar-refractivity contribution is 1.48. The molecule has 17 heavy (non-hydrogen) atoms. The van der Waals surface area contributed by atoms with Crippen molar-refractivity contribution in [1.82, 2.24) is 0 Å². The Labute approximate surface area is 118 Å². The second kappa shape index (κ2) is 11.8. The number of benzene rings is 2. The van der Waals surface area contributed by atoms with Gasteiger partial charge in [0.2, 0.25) is 0 Å². The zero-order chi connectivity index (χ0) is 12.9. The van der Waals surface area contributed by atoms with Gasteiger partial charge in [-0.25, -0.2) is 0 Å². The van der Waals surface area contributed by atoms with Gasteiger partial charge in [-0.05, 0) is 6.92 Å². The topological polar surface area (TPSA) is 0 Å². The molecule has 2 aromatic carbocycles. The van der Waals surface area contributed by atoms with Gasteiger partial charge < -0.3 is 0 Å². The highest BCUT2D eigenvalue weighted by Gasteiger charge is 1.78. The zero-order valence-electron chi connectivity index (χ0n) is 9.56. The van der Waals surface area contributed by atoms with Crippen LogP contribution in [-0.4, -0.2) is 4.30 Å². The maximum Gasteiger partial charge on any atom is 0.180 e. The highest BCUT2D eigenvalue weighted by molar-refractivity contribution is 6.63. The number of hydrogen-bond donors (Lipinski definition) is 0. The Morgan fingerprint density at radius 2 is 0.882 bits per heavy atom. The number of alkyl halides is 3. The first-order valence-electron chi connectivity index (χ1n) is 5.07. The summed E-state index contributed by atoms with van der Waals surface area (Å²) < 4.78 is -0.750. The molecule has 0 aromatic heterocycles. The molecule has 0 heterocycles. The Kier molecular flexibility index (Phi) is 11.3. The van der Waals surface area contributed by atoms with Crippen LogP contribution in [-0.2, 0) is 0 Å². The van der Waals surface area contributed by atoms with Crippen LogP contribution >= 0.6 is 34.8 Å². The van der Waals surface area contributed by atoms with Gasteiger partial charge in [0.05, 0.1) is 0 Å². The van der Waals surface area contributed by atoms with Crippen LogP contribution in [0.5, 0.6) is 0 Å². The monoisotopic (exact) mass is 288 g/mol. The van der Waals surface area contributed by atoms with E-state index in [0.29, 0.717) is 0 Å². The normalized spacial score (nSPS) is 8.53. The Hall–Kier alpha value is -0.690. The van der Waals surface area contributed by atoms with E-state index in [4.69, 9.17) is 34.8 Å². The molecular weight excluding hydrogens is 275 g/mol. The van der Waals surface area contributed by atoms with Crippen LogP contribution < -0.4 is 0 Å². The van der Waals surface area contributed by atoms with E-state index in [9.17, 15) is 0 Å². The van der Waals surface area contributed by atoms with Crippen LogP contribution in [0.2, 0.25) is 0 Å². The standard InChI is InChI=1S/C7H8.C6H6.CHCl3/c1-7-5-3-2-4-6-7;1-2-4-6-5-3-1;2-1(3)4/h2-6H,1H3;1-6H;1H. The number of hydrogen-bond acceptors (Lipinski definition) is 0. The summed E-state index contributed by atoms with van der Waals surface area (Å²) in [5, 5.41) is 0. The van der Waals surface area contributed by atoms with E-state index in [1.807, 2.05) is 54.6 Å². The smallest absolute Gasteiger partial charge is 0.0874 e. The van der Waals surface area contributed by atoms with Gasteiger partial charge in [-0.2, -0.15) is 0 Å². The van der Waals surface area contributed by atoms with Gasteiger partial charge in [0, 0.05) is 0 Å². The predicted molar refractivity (Wildman–Crippen MR) is 79.0 cm³/mol. The van der Waals surface area contributed by atoms with Crippen molar-refractivity contribution in [1.29, 1.82) is 0 Å². The van der Waals surface area contributed by atoms with Crippen LogP contribution in [0.1, 0.15) is 5.56 Å². The summed E-state index contributed by atoms with van der Waals surface area (Å²) in [6, 6.07) is 22.3. The fraction of sp³-hybridized carbons (Fsp3) is 0.143. The van der Waals surface area contributed by atoms with Gasteiger partial charge in [-0.1, -0.05) is 107 Å². The van der Waals surface area contributed by atoms with Crippen LogP contribution in [0.3, 0.4) is 0 Å². The average Bonchev–Trinajstić information content (AvgIpc) is 2.32. The number of halogens is 3. The SMILES string of the molecule is Cc1ccccc1.ClC(Cl)Cl.c1ccccc1. The fourth-order valence-corrected chi connectivity index (χ4v) is 0.919. The lowest BCUT2D eigenvalue weighted by Crippen LogP contribution is -1.62. The first-order valence-corrected chi connectivity index (χ1v) is 6.37. The molecule has 0 amide bonds. The van der Waals surface area contributed by atoms with E-state index >= 15 is 0 Å². The van der Waals surface area contributed by atoms with E-state index in [1.165, 1.54) is 5.56 Å². The van der Waals surface area contributed by atoms with Gasteiger partial charge in [0.1, 0.15) is 0 Å². The Morgan fingerprint density at radius 3 is 1.06 bits per heavy atom. The molecule has 0 saturated heterocycles. The van der Waals surface area contributed by atoms with E-state index in [0.717, 1.165) is 0 Å². The van der Waals surface area contributed by atoms with Crippen LogP contribution in [0.25, 0.3) is 0 Å². The minimum absolute atomic E-state index is 0.750. The highest BCUT2D eigenvalue weighted by atomic mass is 35.6. The molecule has 0 nitrogen and oxygen atoms in total. The molecule has 0 saturated carbocycles. The van der Waals surface area contributed by atoms with E-state index in [-0.39, 0.29) is 0 Å². The third-order valence-corrected chi connectivity index (χ3v) is 1.61. The van der Waals surface area contributed by atoms with Crippen molar-refractivity contribution < 1.29 is 0 Å². The largest absolute Gasteiger partial charge is 0.180 e. The molecule has 3 heteroatoms. The quantitative estimate of drug-likeness (QED) is 0.548. The zero-order valence-corrected chi connectivity index (χ0v) is 11.8. The molecule has 0 atom stereocenters. The molecule has 2 rings (SSSR count). The van der Waals surface area contributed by atoms with Crippen molar-refractivity contribution in [3.63, 3.8) is 0 Å². The van der Waals surface area contributed by atoms with E-state index in [2.05, 4.69) is 19.1 Å². The highest BCUT2D eigenvalue weighted by Crippen LogP contribution is 2.03. The molecule has 0 aliphatic heterocycles. The first kappa shape index (κ1) is 16.3. The van der Waals surface area contributed by atoms with Crippen molar-refractivity contribution in [2.45, 2.75) is 11.2 Å². The second-order valence-electron chi connectivity index (χ2n) is 3.06. The Balaban J connectivity index is 0.000000236. The number of aryl methyl sites for hydroxylation is 1. The fourth-order valence-electron chi connectivity index (χ4n) is 0.919. The molecule has 0 fully saturated rings. The van der Waals surface area contributed by atoms with Crippen molar-refractivity contribution in [2.24, 2.45) is 0 Å². The van der Waals surface area contributed by atoms with Crippen molar-refractivity contribution in [2.75, 3.05) is 0 Å². The minimum Gasteiger partial charge on any atom is -0.0874 e. The van der Waals surface area contributed by atoms with Crippen molar-refractivity contribution >= 4 is 34.8 Å². The molecule has 0 N–H and O–H groups in total. The maximum atomic E-state index is 4.81. The summed E-state index contributed by atoms with van der Waals surface area (Å²) in [6.07, 6.45) is 0. The summed E-state index contributed by atoms with van der Waals surface area (Å²) in [5.41, 5.74) is 1.32. The summed E-state index contributed by atoms with van der Waals surface area (Å²) in [7, 11) is 0. The molecule has 2 aromatic rings. The molecule has 0 unspecified atom stereocenters. The number of rotatable bonds is 0.